The smallest absolute Gasteiger partial charge is 0.272 e. The van der Waals surface area contributed by atoms with Crippen LogP contribution in [-0.2, 0) is 17.3 Å². The Hall–Kier alpha value is -1.63. The van der Waals surface area contributed by atoms with Crippen molar-refractivity contribution in [3.63, 3.8) is 0 Å². The van der Waals surface area contributed by atoms with E-state index in [1.807, 2.05) is 17.0 Å². The number of halogens is 2. The lowest BCUT2D eigenvalue weighted by molar-refractivity contribution is -0.384. The topological polar surface area (TPSA) is 63.5 Å². The zero-order chi connectivity index (χ0) is 17.1. The Bertz CT molecular complexity index is 743. The van der Waals surface area contributed by atoms with Crippen molar-refractivity contribution < 1.29 is 9.13 Å². The Morgan fingerprint density at radius 1 is 1.17 bits per heavy atom. The van der Waals surface area contributed by atoms with Gasteiger partial charge in [-0.3, -0.25) is 14.3 Å². The lowest BCUT2D eigenvalue weighted by atomic mass is 10.2. The van der Waals surface area contributed by atoms with E-state index in [9.17, 15) is 14.3 Å². The first kappa shape index (κ1) is 17.7. The third kappa shape index (κ3) is 4.22. The maximum atomic E-state index is 11.4. The highest BCUT2D eigenvalue weighted by Gasteiger charge is 2.17. The van der Waals surface area contributed by atoms with E-state index in [1.54, 1.807) is 25.4 Å². The highest BCUT2D eigenvalue weighted by Crippen LogP contribution is 2.37. The molecule has 0 aromatic heterocycles. The van der Waals surface area contributed by atoms with Crippen LogP contribution in [0.3, 0.4) is 0 Å². The summed E-state index contributed by atoms with van der Waals surface area (Å²) in [5.41, 5.74) is 1.36. The number of hydrogen-bond donors (Lipinski definition) is 0. The first-order valence-electron chi connectivity index (χ1n) is 6.56. The molecule has 2 rings (SSSR count). The van der Waals surface area contributed by atoms with E-state index in [0.29, 0.717) is 12.2 Å². The van der Waals surface area contributed by atoms with Crippen molar-refractivity contribution in [2.75, 3.05) is 18.2 Å². The van der Waals surface area contributed by atoms with Gasteiger partial charge in [0, 0.05) is 47.7 Å². The summed E-state index contributed by atoms with van der Waals surface area (Å²) in [7, 11) is 0.776. The normalized spacial score (nSPS) is 12.0. The molecule has 23 heavy (non-hydrogen) atoms. The lowest BCUT2D eigenvalue weighted by Crippen LogP contribution is -2.17. The van der Waals surface area contributed by atoms with E-state index in [1.165, 1.54) is 12.1 Å². The molecule has 122 valence electrons. The van der Waals surface area contributed by atoms with E-state index in [0.717, 1.165) is 10.5 Å². The largest absolute Gasteiger partial charge is 0.368 e. The van der Waals surface area contributed by atoms with Gasteiger partial charge in [-0.2, -0.15) is 0 Å². The van der Waals surface area contributed by atoms with Crippen molar-refractivity contribution in [2.45, 2.75) is 11.4 Å². The second-order valence-corrected chi connectivity index (χ2v) is 7.16. The zero-order valence-electron chi connectivity index (χ0n) is 12.5. The number of hydrogen-bond acceptors (Lipinski definition) is 4. The van der Waals surface area contributed by atoms with Gasteiger partial charge in [-0.1, -0.05) is 35.3 Å². The average molecular weight is 373 g/mol. The van der Waals surface area contributed by atoms with Gasteiger partial charge in [0.2, 0.25) is 0 Å². The Balaban J connectivity index is 2.25. The van der Waals surface area contributed by atoms with Crippen LogP contribution < -0.4 is 4.90 Å². The van der Waals surface area contributed by atoms with E-state index in [-0.39, 0.29) is 15.7 Å². The molecule has 0 saturated heterocycles. The number of anilines is 1. The predicted octanol–water partition coefficient (Wildman–Crippen LogP) is 4.28. The van der Waals surface area contributed by atoms with Crippen molar-refractivity contribution in [2.24, 2.45) is 0 Å². The van der Waals surface area contributed by atoms with Crippen LogP contribution in [0.25, 0.3) is 0 Å². The molecule has 0 saturated carbocycles. The van der Waals surface area contributed by atoms with Gasteiger partial charge in [-0.05, 0) is 17.7 Å². The van der Waals surface area contributed by atoms with Gasteiger partial charge >= 0.3 is 0 Å². The minimum absolute atomic E-state index is 0.146. The molecule has 2 aromatic rings. The fourth-order valence-corrected chi connectivity index (χ4v) is 3.45. The molecule has 5 nitrogen and oxygen atoms in total. The molecule has 0 radical (unpaired) electrons. The average Bonchev–Trinajstić information content (AvgIpc) is 2.46. The number of benzene rings is 2. The van der Waals surface area contributed by atoms with Gasteiger partial charge in [0.15, 0.2) is 0 Å². The van der Waals surface area contributed by atoms with Gasteiger partial charge in [-0.15, -0.1) is 0 Å². The molecular weight excluding hydrogens is 359 g/mol. The maximum Gasteiger partial charge on any atom is 0.272 e. The molecule has 1 unspecified atom stereocenters. The molecule has 0 spiro atoms. The predicted molar refractivity (Wildman–Crippen MR) is 94.0 cm³/mol. The summed E-state index contributed by atoms with van der Waals surface area (Å²) in [6.07, 6.45) is 1.62. The van der Waals surface area contributed by atoms with Crippen LogP contribution in [0, 0.1) is 10.1 Å². The molecule has 0 aliphatic heterocycles. The third-order valence-electron chi connectivity index (χ3n) is 3.27. The zero-order valence-corrected chi connectivity index (χ0v) is 14.8. The SMILES string of the molecule is CN(Cc1ccc(S(C)=O)cc1)c1c(Cl)cc([N+](=O)[O-])cc1Cl. The first-order chi connectivity index (χ1) is 10.8. The van der Waals surface area contributed by atoms with Gasteiger partial charge in [0.25, 0.3) is 5.69 Å². The second-order valence-electron chi connectivity index (χ2n) is 4.97. The van der Waals surface area contributed by atoms with Gasteiger partial charge < -0.3 is 4.90 Å². The second kappa shape index (κ2) is 7.29. The van der Waals surface area contributed by atoms with E-state index >= 15 is 0 Å². The summed E-state index contributed by atoms with van der Waals surface area (Å²) in [6, 6.07) is 9.92. The molecule has 0 aliphatic carbocycles. The van der Waals surface area contributed by atoms with Crippen molar-refractivity contribution >= 4 is 45.4 Å². The summed E-state index contributed by atoms with van der Waals surface area (Å²) < 4.78 is 11.4. The Kier molecular flexibility index (Phi) is 5.62. The van der Waals surface area contributed by atoms with Crippen molar-refractivity contribution in [1.29, 1.82) is 0 Å². The van der Waals surface area contributed by atoms with Crippen molar-refractivity contribution in [3.05, 3.63) is 62.1 Å². The molecule has 1 atom stereocenters. The van der Waals surface area contributed by atoms with Gasteiger partial charge in [0.05, 0.1) is 20.7 Å². The maximum absolute atomic E-state index is 11.4. The van der Waals surface area contributed by atoms with E-state index < -0.39 is 15.7 Å². The monoisotopic (exact) mass is 372 g/mol. The highest BCUT2D eigenvalue weighted by molar-refractivity contribution is 7.84. The number of nitrogens with zero attached hydrogens (tertiary/aromatic N) is 2. The first-order valence-corrected chi connectivity index (χ1v) is 8.88. The van der Waals surface area contributed by atoms with E-state index in [2.05, 4.69) is 0 Å². The highest BCUT2D eigenvalue weighted by atomic mass is 35.5. The summed E-state index contributed by atoms with van der Waals surface area (Å²) in [6.45, 7) is 0.508. The third-order valence-corrected chi connectivity index (χ3v) is 4.78. The lowest BCUT2D eigenvalue weighted by Gasteiger charge is -2.22. The van der Waals surface area contributed by atoms with Crippen LogP contribution in [0.5, 0.6) is 0 Å². The molecule has 0 N–H and O–H groups in total. The summed E-state index contributed by atoms with van der Waals surface area (Å²) >= 11 is 12.3. The van der Waals surface area contributed by atoms with Gasteiger partial charge in [0.1, 0.15) is 0 Å². The van der Waals surface area contributed by atoms with Crippen molar-refractivity contribution in [1.82, 2.24) is 0 Å². The molecule has 0 heterocycles. The number of nitro groups is 1. The molecule has 0 amide bonds. The Morgan fingerprint density at radius 3 is 2.13 bits per heavy atom. The van der Waals surface area contributed by atoms with E-state index in [4.69, 9.17) is 23.2 Å². The standard InChI is InChI=1S/C15H14Cl2N2O3S/c1-18(9-10-3-5-12(6-4-10)23(2)22)15-13(16)7-11(19(20)21)8-14(15)17/h3-8H,9H2,1-2H3. The van der Waals surface area contributed by atoms with Crippen LogP contribution in [-0.4, -0.2) is 22.4 Å². The van der Waals surface area contributed by atoms with Crippen LogP contribution >= 0.6 is 23.2 Å². The summed E-state index contributed by atoms with van der Waals surface area (Å²) in [4.78, 5) is 12.8. The van der Waals surface area contributed by atoms with Crippen molar-refractivity contribution in [3.8, 4) is 0 Å². The van der Waals surface area contributed by atoms with Crippen LogP contribution in [0.4, 0.5) is 11.4 Å². The molecule has 2 aromatic carbocycles. The Morgan fingerprint density at radius 2 is 1.70 bits per heavy atom. The fraction of sp³-hybridized carbons (Fsp3) is 0.200. The molecule has 8 heteroatoms. The number of non-ortho nitro benzene ring substituents is 1. The number of rotatable bonds is 5. The number of nitro benzene ring substituents is 1. The minimum atomic E-state index is -1.02. The summed E-state index contributed by atoms with van der Waals surface area (Å²) in [5, 5.41) is 11.3. The van der Waals surface area contributed by atoms with Crippen LogP contribution in [0.2, 0.25) is 10.0 Å². The Labute approximate surface area is 146 Å². The van der Waals surface area contributed by atoms with Crippen LogP contribution in [0.1, 0.15) is 5.56 Å². The molecule has 0 fully saturated rings. The molecule has 0 aliphatic rings. The molecular formula is C15H14Cl2N2O3S. The quantitative estimate of drug-likeness (QED) is 0.580. The minimum Gasteiger partial charge on any atom is -0.368 e. The fourth-order valence-electron chi connectivity index (χ4n) is 2.16. The van der Waals surface area contributed by atoms with Crippen LogP contribution in [0.15, 0.2) is 41.3 Å². The molecule has 0 bridgehead atoms. The van der Waals surface area contributed by atoms with Gasteiger partial charge in [-0.25, -0.2) is 0 Å². The summed E-state index contributed by atoms with van der Waals surface area (Å²) in [5.74, 6) is 0.